The van der Waals surface area contributed by atoms with Gasteiger partial charge < -0.3 is 10.4 Å². The van der Waals surface area contributed by atoms with Gasteiger partial charge in [-0.3, -0.25) is 4.79 Å². The topological polar surface area (TPSA) is 49.3 Å². The predicted molar refractivity (Wildman–Crippen MR) is 80.5 cm³/mol. The number of carbonyl (C=O) groups excluding carboxylic acids is 1. The number of hydrogen-bond acceptors (Lipinski definition) is 3. The van der Waals surface area contributed by atoms with Crippen molar-refractivity contribution in [2.45, 2.75) is 13.0 Å². The Morgan fingerprint density at radius 1 is 1.42 bits per heavy atom. The van der Waals surface area contributed by atoms with Crippen LogP contribution in [0.5, 0.6) is 0 Å². The SMILES string of the molecule is Cc1cc(C(=O)NCC(O)c2ccccc2)sc1Br. The van der Waals surface area contributed by atoms with E-state index in [0.29, 0.717) is 4.88 Å². The van der Waals surface area contributed by atoms with Crippen molar-refractivity contribution in [3.05, 3.63) is 56.2 Å². The number of carbonyl (C=O) groups is 1. The van der Waals surface area contributed by atoms with E-state index >= 15 is 0 Å². The van der Waals surface area contributed by atoms with Crippen LogP contribution in [0.1, 0.15) is 26.9 Å². The lowest BCUT2D eigenvalue weighted by Gasteiger charge is -2.11. The summed E-state index contributed by atoms with van der Waals surface area (Å²) >= 11 is 4.78. The largest absolute Gasteiger partial charge is 0.387 e. The Balaban J connectivity index is 1.94. The number of hydrogen-bond donors (Lipinski definition) is 2. The molecular formula is C14H14BrNO2S. The quantitative estimate of drug-likeness (QED) is 0.897. The fourth-order valence-electron chi connectivity index (χ4n) is 1.64. The van der Waals surface area contributed by atoms with E-state index < -0.39 is 6.10 Å². The van der Waals surface area contributed by atoms with Crippen LogP contribution in [0, 0.1) is 6.92 Å². The first-order valence-electron chi connectivity index (χ1n) is 5.85. The standard InChI is InChI=1S/C14H14BrNO2S/c1-9-7-12(19-13(9)15)14(18)16-8-11(17)10-5-3-2-4-6-10/h2-7,11,17H,8H2,1H3,(H,16,18). The molecular weight excluding hydrogens is 326 g/mol. The number of benzene rings is 1. The second-order valence-electron chi connectivity index (χ2n) is 4.20. The molecule has 0 saturated carbocycles. The zero-order valence-electron chi connectivity index (χ0n) is 10.4. The lowest BCUT2D eigenvalue weighted by Crippen LogP contribution is -2.27. The third-order valence-electron chi connectivity index (χ3n) is 2.72. The number of amides is 1. The van der Waals surface area contributed by atoms with E-state index in [1.54, 1.807) is 0 Å². The molecule has 19 heavy (non-hydrogen) atoms. The second-order valence-corrected chi connectivity index (χ2v) is 6.57. The van der Waals surface area contributed by atoms with Crippen molar-refractivity contribution in [2.24, 2.45) is 0 Å². The van der Waals surface area contributed by atoms with Crippen LogP contribution in [0.3, 0.4) is 0 Å². The molecule has 0 radical (unpaired) electrons. The van der Waals surface area contributed by atoms with Gasteiger partial charge in [0.25, 0.3) is 5.91 Å². The van der Waals surface area contributed by atoms with Gasteiger partial charge in [-0.2, -0.15) is 0 Å². The predicted octanol–water partition coefficient (Wildman–Crippen LogP) is 3.28. The molecule has 0 aliphatic carbocycles. The summed E-state index contributed by atoms with van der Waals surface area (Å²) in [5.74, 6) is -0.159. The van der Waals surface area contributed by atoms with Crippen molar-refractivity contribution in [2.75, 3.05) is 6.54 Å². The highest BCUT2D eigenvalue weighted by molar-refractivity contribution is 9.11. The Morgan fingerprint density at radius 3 is 2.68 bits per heavy atom. The molecule has 1 atom stereocenters. The number of halogens is 1. The molecule has 2 rings (SSSR count). The van der Waals surface area contributed by atoms with Gasteiger partial charge in [-0.25, -0.2) is 0 Å². The summed E-state index contributed by atoms with van der Waals surface area (Å²) in [7, 11) is 0. The Labute approximate surface area is 124 Å². The average Bonchev–Trinajstić information content (AvgIpc) is 2.77. The Hall–Kier alpha value is -1.17. The number of aliphatic hydroxyl groups excluding tert-OH is 1. The third kappa shape index (κ3) is 3.65. The van der Waals surface area contributed by atoms with E-state index in [-0.39, 0.29) is 12.5 Å². The molecule has 100 valence electrons. The molecule has 0 saturated heterocycles. The summed E-state index contributed by atoms with van der Waals surface area (Å²) in [5, 5.41) is 12.7. The molecule has 0 aliphatic rings. The average molecular weight is 340 g/mol. The van der Waals surface area contributed by atoms with Crippen molar-refractivity contribution in [3.63, 3.8) is 0 Å². The summed E-state index contributed by atoms with van der Waals surface area (Å²) in [6.07, 6.45) is -0.686. The first kappa shape index (κ1) is 14.2. The summed E-state index contributed by atoms with van der Waals surface area (Å²) < 4.78 is 0.959. The van der Waals surface area contributed by atoms with Gasteiger partial charge in [0.2, 0.25) is 0 Å². The van der Waals surface area contributed by atoms with Crippen LogP contribution in [-0.4, -0.2) is 17.6 Å². The van der Waals surface area contributed by atoms with Gasteiger partial charge in [0.1, 0.15) is 0 Å². The van der Waals surface area contributed by atoms with Crippen molar-refractivity contribution in [3.8, 4) is 0 Å². The minimum absolute atomic E-state index is 0.159. The van der Waals surface area contributed by atoms with E-state index in [4.69, 9.17) is 0 Å². The molecule has 1 amide bonds. The maximum Gasteiger partial charge on any atom is 0.261 e. The minimum Gasteiger partial charge on any atom is -0.387 e. The summed E-state index contributed by atoms with van der Waals surface area (Å²) in [6, 6.07) is 11.1. The number of aryl methyl sites for hydroxylation is 1. The Morgan fingerprint density at radius 2 is 2.11 bits per heavy atom. The van der Waals surface area contributed by atoms with Crippen LogP contribution in [0.25, 0.3) is 0 Å². The molecule has 1 aromatic carbocycles. The molecule has 2 aromatic rings. The first-order chi connectivity index (χ1) is 9.08. The van der Waals surface area contributed by atoms with Crippen molar-refractivity contribution < 1.29 is 9.90 Å². The van der Waals surface area contributed by atoms with Crippen LogP contribution in [0.4, 0.5) is 0 Å². The molecule has 3 nitrogen and oxygen atoms in total. The zero-order chi connectivity index (χ0) is 13.8. The number of nitrogens with one attached hydrogen (secondary N) is 1. The Bertz CT molecular complexity index is 549. The molecule has 0 spiro atoms. The van der Waals surface area contributed by atoms with Crippen LogP contribution in [0.15, 0.2) is 40.2 Å². The van der Waals surface area contributed by atoms with Crippen molar-refractivity contribution >= 4 is 33.2 Å². The summed E-state index contributed by atoms with van der Waals surface area (Å²) in [5.41, 5.74) is 1.84. The monoisotopic (exact) mass is 339 g/mol. The second kappa shape index (κ2) is 6.32. The van der Waals surface area contributed by atoms with Gasteiger partial charge in [-0.15, -0.1) is 11.3 Å². The molecule has 5 heteroatoms. The summed E-state index contributed by atoms with van der Waals surface area (Å²) in [4.78, 5) is 12.6. The first-order valence-corrected chi connectivity index (χ1v) is 7.46. The highest BCUT2D eigenvalue weighted by Crippen LogP contribution is 2.27. The number of thiophene rings is 1. The molecule has 0 fully saturated rings. The summed E-state index contributed by atoms with van der Waals surface area (Å²) in [6.45, 7) is 2.15. The van der Waals surface area contributed by atoms with E-state index in [1.807, 2.05) is 43.3 Å². The maximum atomic E-state index is 11.9. The lowest BCUT2D eigenvalue weighted by atomic mass is 10.1. The lowest BCUT2D eigenvalue weighted by molar-refractivity contribution is 0.0920. The molecule has 0 bridgehead atoms. The van der Waals surface area contributed by atoms with E-state index in [0.717, 1.165) is 14.9 Å². The van der Waals surface area contributed by atoms with Crippen LogP contribution >= 0.6 is 27.3 Å². The van der Waals surface area contributed by atoms with Gasteiger partial charge >= 0.3 is 0 Å². The maximum absolute atomic E-state index is 11.9. The fourth-order valence-corrected chi connectivity index (χ4v) is 3.09. The van der Waals surface area contributed by atoms with Gasteiger partial charge in [0, 0.05) is 6.54 Å². The van der Waals surface area contributed by atoms with Gasteiger partial charge in [0.05, 0.1) is 14.8 Å². The number of rotatable bonds is 4. The normalized spacial score (nSPS) is 12.2. The van der Waals surface area contributed by atoms with E-state index in [2.05, 4.69) is 21.2 Å². The van der Waals surface area contributed by atoms with Crippen LogP contribution in [-0.2, 0) is 0 Å². The highest BCUT2D eigenvalue weighted by atomic mass is 79.9. The van der Waals surface area contributed by atoms with Crippen LogP contribution in [0.2, 0.25) is 0 Å². The van der Waals surface area contributed by atoms with Gasteiger partial charge in [-0.1, -0.05) is 30.3 Å². The molecule has 1 heterocycles. The molecule has 1 unspecified atom stereocenters. The van der Waals surface area contributed by atoms with Crippen molar-refractivity contribution in [1.82, 2.24) is 5.32 Å². The van der Waals surface area contributed by atoms with E-state index in [1.165, 1.54) is 11.3 Å². The van der Waals surface area contributed by atoms with E-state index in [9.17, 15) is 9.90 Å². The molecule has 1 aromatic heterocycles. The van der Waals surface area contributed by atoms with Gasteiger partial charge in [-0.05, 0) is 40.0 Å². The Kier molecular flexibility index (Phi) is 4.74. The zero-order valence-corrected chi connectivity index (χ0v) is 12.8. The highest BCUT2D eigenvalue weighted by Gasteiger charge is 2.13. The smallest absolute Gasteiger partial charge is 0.261 e. The fraction of sp³-hybridized carbons (Fsp3) is 0.214. The molecule has 0 aliphatic heterocycles. The van der Waals surface area contributed by atoms with Crippen LogP contribution < -0.4 is 5.32 Å². The third-order valence-corrected chi connectivity index (χ3v) is 4.86. The number of aliphatic hydroxyl groups is 1. The van der Waals surface area contributed by atoms with Gasteiger partial charge in [0.15, 0.2) is 0 Å². The minimum atomic E-state index is -0.686. The van der Waals surface area contributed by atoms with Crippen molar-refractivity contribution in [1.29, 1.82) is 0 Å². The molecule has 2 N–H and O–H groups in total.